The van der Waals surface area contributed by atoms with Gasteiger partial charge in [-0.15, -0.1) is 10.2 Å². The maximum Gasteiger partial charge on any atom is 0.246 e. The summed E-state index contributed by atoms with van der Waals surface area (Å²) < 4.78 is 32.4. The summed E-state index contributed by atoms with van der Waals surface area (Å²) in [5.41, 5.74) is 1.08. The Morgan fingerprint density at radius 2 is 1.83 bits per heavy atom. The number of nitrogens with zero attached hydrogens (tertiary/aromatic N) is 5. The highest BCUT2D eigenvalue weighted by molar-refractivity contribution is 7.89. The minimum atomic E-state index is -3.51. The predicted octanol–water partition coefficient (Wildman–Crippen LogP) is 0.224. The lowest BCUT2D eigenvalue weighted by Crippen LogP contribution is -2.48. The minimum Gasteiger partial charge on any atom is -0.424 e. The Hall–Kier alpha value is -1.78. The van der Waals surface area contributed by atoms with Crippen LogP contribution in [0.3, 0.4) is 0 Å². The van der Waals surface area contributed by atoms with Gasteiger partial charge in [0, 0.05) is 33.1 Å². The van der Waals surface area contributed by atoms with Gasteiger partial charge in [0.1, 0.15) is 4.90 Å². The first-order chi connectivity index (χ1) is 10.9. The van der Waals surface area contributed by atoms with Crippen LogP contribution in [0.2, 0.25) is 0 Å². The van der Waals surface area contributed by atoms with Gasteiger partial charge in [-0.3, -0.25) is 10.00 Å². The Morgan fingerprint density at radius 1 is 1.13 bits per heavy atom. The summed E-state index contributed by atoms with van der Waals surface area (Å²) in [5.74, 6) is 1.09. The molecule has 0 radical (unpaired) electrons. The molecule has 3 heterocycles. The van der Waals surface area contributed by atoms with E-state index in [2.05, 4.69) is 25.3 Å². The number of H-pyrrole nitrogens is 1. The highest BCUT2D eigenvalue weighted by atomic mass is 32.2. The smallest absolute Gasteiger partial charge is 0.246 e. The van der Waals surface area contributed by atoms with Gasteiger partial charge in [-0.05, 0) is 13.8 Å². The zero-order valence-corrected chi connectivity index (χ0v) is 14.2. The van der Waals surface area contributed by atoms with E-state index in [-0.39, 0.29) is 0 Å². The third-order valence-electron chi connectivity index (χ3n) is 3.92. The van der Waals surface area contributed by atoms with Gasteiger partial charge in [0.05, 0.1) is 17.9 Å². The molecule has 0 amide bonds. The monoisotopic (exact) mass is 340 g/mol. The second-order valence-corrected chi connectivity index (χ2v) is 7.53. The third-order valence-corrected chi connectivity index (χ3v) is 6.08. The van der Waals surface area contributed by atoms with E-state index in [0.29, 0.717) is 60.8 Å². The first-order valence-electron chi connectivity index (χ1n) is 7.41. The maximum absolute atomic E-state index is 12.8. The quantitative estimate of drug-likeness (QED) is 0.848. The molecule has 10 heteroatoms. The Bertz CT molecular complexity index is 769. The molecule has 23 heavy (non-hydrogen) atoms. The number of nitrogens with one attached hydrogen (secondary N) is 1. The van der Waals surface area contributed by atoms with Crippen LogP contribution in [0.25, 0.3) is 0 Å². The van der Waals surface area contributed by atoms with E-state index in [1.54, 1.807) is 20.8 Å². The fourth-order valence-electron chi connectivity index (χ4n) is 2.77. The summed E-state index contributed by atoms with van der Waals surface area (Å²) in [6, 6.07) is 0. The topological polar surface area (TPSA) is 108 Å². The SMILES string of the molecule is Cc1nnc(CN2CCN(S(=O)(=O)c3c(C)n[nH]c3C)CC2)o1. The molecule has 1 N–H and O–H groups in total. The number of hydrogen-bond acceptors (Lipinski definition) is 7. The van der Waals surface area contributed by atoms with Crippen LogP contribution in [-0.4, -0.2) is 64.2 Å². The molecular formula is C13H20N6O3S. The van der Waals surface area contributed by atoms with Crippen molar-refractivity contribution >= 4 is 10.0 Å². The lowest BCUT2D eigenvalue weighted by atomic mass is 10.3. The first-order valence-corrected chi connectivity index (χ1v) is 8.85. The number of aryl methyl sites for hydroxylation is 3. The van der Waals surface area contributed by atoms with Crippen LogP contribution in [0.4, 0.5) is 0 Å². The zero-order chi connectivity index (χ0) is 16.6. The van der Waals surface area contributed by atoms with Crippen LogP contribution < -0.4 is 0 Å². The fourth-order valence-corrected chi connectivity index (χ4v) is 4.52. The lowest BCUT2D eigenvalue weighted by Gasteiger charge is -2.33. The van der Waals surface area contributed by atoms with Gasteiger partial charge in [0.15, 0.2) is 0 Å². The van der Waals surface area contributed by atoms with Crippen molar-refractivity contribution in [3.05, 3.63) is 23.2 Å². The van der Waals surface area contributed by atoms with Crippen molar-refractivity contribution < 1.29 is 12.8 Å². The molecule has 0 aliphatic carbocycles. The van der Waals surface area contributed by atoms with Gasteiger partial charge in [-0.1, -0.05) is 0 Å². The second-order valence-electron chi connectivity index (χ2n) is 5.66. The Balaban J connectivity index is 1.66. The standard InChI is InChI=1S/C13H20N6O3S/c1-9-13(10(2)15-14-9)23(20,21)19-6-4-18(5-7-19)8-12-17-16-11(3)22-12/h4-8H2,1-3H3,(H,14,15). The molecule has 1 aliphatic rings. The highest BCUT2D eigenvalue weighted by Gasteiger charge is 2.32. The average Bonchev–Trinajstić information content (AvgIpc) is 3.05. The molecular weight excluding hydrogens is 320 g/mol. The summed E-state index contributed by atoms with van der Waals surface area (Å²) in [7, 11) is -3.51. The van der Waals surface area contributed by atoms with Gasteiger partial charge < -0.3 is 4.42 Å². The van der Waals surface area contributed by atoms with E-state index in [4.69, 9.17) is 4.42 Å². The van der Waals surface area contributed by atoms with E-state index in [1.807, 2.05) is 0 Å². The van der Waals surface area contributed by atoms with Crippen molar-refractivity contribution in [1.29, 1.82) is 0 Å². The first kappa shape index (κ1) is 16.1. The van der Waals surface area contributed by atoms with Gasteiger partial charge in [-0.25, -0.2) is 8.42 Å². The summed E-state index contributed by atoms with van der Waals surface area (Å²) >= 11 is 0. The lowest BCUT2D eigenvalue weighted by molar-refractivity contribution is 0.167. The van der Waals surface area contributed by atoms with E-state index < -0.39 is 10.0 Å². The molecule has 0 saturated carbocycles. The molecule has 1 aliphatic heterocycles. The number of aromatic amines is 1. The van der Waals surface area contributed by atoms with Crippen LogP contribution in [0.5, 0.6) is 0 Å². The van der Waals surface area contributed by atoms with Crippen molar-refractivity contribution in [1.82, 2.24) is 29.6 Å². The van der Waals surface area contributed by atoms with Gasteiger partial charge in [0.2, 0.25) is 21.8 Å². The van der Waals surface area contributed by atoms with Crippen LogP contribution in [0.1, 0.15) is 23.2 Å². The van der Waals surface area contributed by atoms with Crippen molar-refractivity contribution in [2.45, 2.75) is 32.2 Å². The molecule has 1 fully saturated rings. The molecule has 126 valence electrons. The van der Waals surface area contributed by atoms with E-state index in [1.165, 1.54) is 4.31 Å². The summed E-state index contributed by atoms with van der Waals surface area (Å²) in [6.45, 7) is 7.81. The molecule has 0 bridgehead atoms. The molecule has 0 aromatic carbocycles. The van der Waals surface area contributed by atoms with Crippen molar-refractivity contribution in [3.63, 3.8) is 0 Å². The zero-order valence-electron chi connectivity index (χ0n) is 13.4. The summed E-state index contributed by atoms with van der Waals surface area (Å²) in [6.07, 6.45) is 0. The van der Waals surface area contributed by atoms with E-state index in [0.717, 1.165) is 0 Å². The number of piperazine rings is 1. The van der Waals surface area contributed by atoms with Crippen LogP contribution in [0.15, 0.2) is 9.31 Å². The molecule has 2 aromatic heterocycles. The summed E-state index contributed by atoms with van der Waals surface area (Å²) in [5, 5.41) is 14.5. The van der Waals surface area contributed by atoms with Crippen LogP contribution in [0, 0.1) is 20.8 Å². The number of sulfonamides is 1. The van der Waals surface area contributed by atoms with E-state index in [9.17, 15) is 8.42 Å². The molecule has 0 unspecified atom stereocenters. The largest absolute Gasteiger partial charge is 0.424 e. The third kappa shape index (κ3) is 3.14. The van der Waals surface area contributed by atoms with Crippen molar-refractivity contribution in [2.24, 2.45) is 0 Å². The fraction of sp³-hybridized carbons (Fsp3) is 0.615. The van der Waals surface area contributed by atoms with Crippen molar-refractivity contribution in [3.8, 4) is 0 Å². The molecule has 1 saturated heterocycles. The normalized spacial score (nSPS) is 17.7. The predicted molar refractivity (Wildman–Crippen MR) is 81.1 cm³/mol. The molecule has 0 atom stereocenters. The highest BCUT2D eigenvalue weighted by Crippen LogP contribution is 2.23. The molecule has 2 aromatic rings. The van der Waals surface area contributed by atoms with Gasteiger partial charge in [-0.2, -0.15) is 9.40 Å². The maximum atomic E-state index is 12.8. The minimum absolute atomic E-state index is 0.290. The second kappa shape index (κ2) is 6.02. The Morgan fingerprint density at radius 3 is 2.35 bits per heavy atom. The molecule has 0 spiro atoms. The average molecular weight is 340 g/mol. The Labute approximate surface area is 134 Å². The van der Waals surface area contributed by atoms with Crippen molar-refractivity contribution in [2.75, 3.05) is 26.2 Å². The van der Waals surface area contributed by atoms with E-state index >= 15 is 0 Å². The van der Waals surface area contributed by atoms with Gasteiger partial charge in [0.25, 0.3) is 0 Å². The molecule has 9 nitrogen and oxygen atoms in total. The van der Waals surface area contributed by atoms with Crippen LogP contribution >= 0.6 is 0 Å². The van der Waals surface area contributed by atoms with Crippen LogP contribution in [-0.2, 0) is 16.6 Å². The number of hydrogen-bond donors (Lipinski definition) is 1. The number of aromatic nitrogens is 4. The Kier molecular flexibility index (Phi) is 4.21. The van der Waals surface area contributed by atoms with Gasteiger partial charge >= 0.3 is 0 Å². The molecule has 3 rings (SSSR count). The summed E-state index contributed by atoms with van der Waals surface area (Å²) in [4.78, 5) is 2.40. The number of rotatable bonds is 4.